The molecule has 1 amide bonds. The maximum atomic E-state index is 13.0. The fraction of sp³-hybridized carbons (Fsp3) is 0.211. The molecule has 0 spiro atoms. The minimum absolute atomic E-state index is 0.138. The van der Waals surface area contributed by atoms with Crippen molar-refractivity contribution in [2.75, 3.05) is 18.9 Å². The summed E-state index contributed by atoms with van der Waals surface area (Å²) in [7, 11) is 1.79. The standard InChI is InChI=1S/C19H18BrFN4O2/c1-12-9-14(20)5-8-16(12)22-17(26)10-25(2)11-18-23-24-19(27-18)13-3-6-15(21)7-4-13/h3-9H,10-11H2,1-2H3,(H,22,26). The van der Waals surface area contributed by atoms with Crippen LogP contribution in [-0.4, -0.2) is 34.6 Å². The molecule has 3 rings (SSSR count). The predicted octanol–water partition coefficient (Wildman–Crippen LogP) is 4.02. The van der Waals surface area contributed by atoms with Crippen molar-refractivity contribution in [3.8, 4) is 11.5 Å². The van der Waals surface area contributed by atoms with Crippen LogP contribution in [0.5, 0.6) is 0 Å². The van der Waals surface area contributed by atoms with Crippen molar-refractivity contribution < 1.29 is 13.6 Å². The summed E-state index contributed by atoms with van der Waals surface area (Å²) in [6, 6.07) is 11.5. The van der Waals surface area contributed by atoms with E-state index in [2.05, 4.69) is 31.4 Å². The number of benzene rings is 2. The van der Waals surface area contributed by atoms with Crippen molar-refractivity contribution in [2.45, 2.75) is 13.5 Å². The van der Waals surface area contributed by atoms with Gasteiger partial charge in [-0.05, 0) is 62.0 Å². The van der Waals surface area contributed by atoms with Crippen molar-refractivity contribution in [2.24, 2.45) is 0 Å². The maximum Gasteiger partial charge on any atom is 0.247 e. The first-order chi connectivity index (χ1) is 12.9. The number of nitrogens with zero attached hydrogens (tertiary/aromatic N) is 3. The molecule has 2 aromatic carbocycles. The summed E-state index contributed by atoms with van der Waals surface area (Å²) in [6.07, 6.45) is 0. The van der Waals surface area contributed by atoms with Crippen LogP contribution in [-0.2, 0) is 11.3 Å². The zero-order chi connectivity index (χ0) is 19.4. The van der Waals surface area contributed by atoms with Crippen molar-refractivity contribution in [3.63, 3.8) is 0 Å². The molecule has 1 heterocycles. The Bertz CT molecular complexity index is 943. The first kappa shape index (κ1) is 19.2. The van der Waals surface area contributed by atoms with Crippen LogP contribution in [0.3, 0.4) is 0 Å². The van der Waals surface area contributed by atoms with E-state index in [4.69, 9.17) is 4.42 Å². The Balaban J connectivity index is 1.56. The number of rotatable bonds is 6. The van der Waals surface area contributed by atoms with E-state index in [0.717, 1.165) is 15.7 Å². The van der Waals surface area contributed by atoms with Crippen molar-refractivity contribution >= 4 is 27.5 Å². The van der Waals surface area contributed by atoms with Crippen molar-refractivity contribution in [3.05, 3.63) is 64.2 Å². The molecule has 0 saturated carbocycles. The molecule has 0 aliphatic heterocycles. The van der Waals surface area contributed by atoms with Crippen molar-refractivity contribution in [1.29, 1.82) is 0 Å². The van der Waals surface area contributed by atoms with Crippen molar-refractivity contribution in [1.82, 2.24) is 15.1 Å². The van der Waals surface area contributed by atoms with Crippen LogP contribution in [0.1, 0.15) is 11.5 Å². The van der Waals surface area contributed by atoms with Gasteiger partial charge in [0.15, 0.2) is 0 Å². The molecule has 27 heavy (non-hydrogen) atoms. The number of hydrogen-bond donors (Lipinski definition) is 1. The topological polar surface area (TPSA) is 71.3 Å². The van der Waals surface area contributed by atoms with Crippen LogP contribution in [0.15, 0.2) is 51.4 Å². The number of likely N-dealkylation sites (N-methyl/N-ethyl adjacent to an activating group) is 1. The van der Waals surface area contributed by atoms with Gasteiger partial charge in [-0.3, -0.25) is 9.69 Å². The third kappa shape index (κ3) is 5.21. The molecule has 0 unspecified atom stereocenters. The van der Waals surface area contributed by atoms with Crippen LogP contribution in [0.4, 0.5) is 10.1 Å². The highest BCUT2D eigenvalue weighted by Gasteiger charge is 2.13. The molecule has 8 heteroatoms. The second kappa shape index (κ2) is 8.41. The Morgan fingerprint density at radius 3 is 2.67 bits per heavy atom. The lowest BCUT2D eigenvalue weighted by Gasteiger charge is -2.15. The highest BCUT2D eigenvalue weighted by molar-refractivity contribution is 9.10. The molecule has 0 atom stereocenters. The molecule has 0 aliphatic carbocycles. The lowest BCUT2D eigenvalue weighted by Crippen LogP contribution is -2.30. The fourth-order valence-corrected chi connectivity index (χ4v) is 2.99. The van der Waals surface area contributed by atoms with E-state index in [1.54, 1.807) is 24.1 Å². The van der Waals surface area contributed by atoms with Crippen LogP contribution >= 0.6 is 15.9 Å². The summed E-state index contributed by atoms with van der Waals surface area (Å²) in [4.78, 5) is 14.0. The zero-order valence-corrected chi connectivity index (χ0v) is 16.5. The molecule has 0 fully saturated rings. The Morgan fingerprint density at radius 2 is 1.96 bits per heavy atom. The average molecular weight is 433 g/mol. The number of amides is 1. The van der Waals surface area contributed by atoms with Gasteiger partial charge < -0.3 is 9.73 Å². The van der Waals surface area contributed by atoms with E-state index < -0.39 is 0 Å². The zero-order valence-electron chi connectivity index (χ0n) is 14.9. The molecule has 3 aromatic rings. The monoisotopic (exact) mass is 432 g/mol. The van der Waals surface area contributed by atoms with Crippen LogP contribution in [0.25, 0.3) is 11.5 Å². The van der Waals surface area contributed by atoms with Gasteiger partial charge in [0, 0.05) is 15.7 Å². The highest BCUT2D eigenvalue weighted by Crippen LogP contribution is 2.20. The quantitative estimate of drug-likeness (QED) is 0.636. The van der Waals surface area contributed by atoms with Gasteiger partial charge in [0.1, 0.15) is 5.82 Å². The lowest BCUT2D eigenvalue weighted by molar-refractivity contribution is -0.117. The maximum absolute atomic E-state index is 13.0. The molecule has 1 N–H and O–H groups in total. The minimum atomic E-state index is -0.328. The third-order valence-corrected chi connectivity index (χ3v) is 4.33. The first-order valence-electron chi connectivity index (χ1n) is 8.23. The molecule has 0 bridgehead atoms. The summed E-state index contributed by atoms with van der Waals surface area (Å²) in [5.74, 6) is 0.226. The molecule has 140 valence electrons. The SMILES string of the molecule is Cc1cc(Br)ccc1NC(=O)CN(C)Cc1nnc(-c2ccc(F)cc2)o1. The summed E-state index contributed by atoms with van der Waals surface area (Å²) in [5.41, 5.74) is 2.38. The smallest absolute Gasteiger partial charge is 0.247 e. The highest BCUT2D eigenvalue weighted by atomic mass is 79.9. The first-order valence-corrected chi connectivity index (χ1v) is 9.03. The summed E-state index contributed by atoms with van der Waals surface area (Å²) < 4.78 is 19.5. The van der Waals surface area contributed by atoms with E-state index in [0.29, 0.717) is 23.9 Å². The van der Waals surface area contributed by atoms with Gasteiger partial charge in [-0.25, -0.2) is 4.39 Å². The number of nitrogens with one attached hydrogen (secondary N) is 1. The molecule has 0 aliphatic rings. The Hall–Kier alpha value is -2.58. The predicted molar refractivity (Wildman–Crippen MR) is 104 cm³/mol. The number of aromatic nitrogens is 2. The lowest BCUT2D eigenvalue weighted by atomic mass is 10.2. The van der Waals surface area contributed by atoms with Crippen LogP contribution in [0.2, 0.25) is 0 Å². The summed E-state index contributed by atoms with van der Waals surface area (Å²) in [6.45, 7) is 2.42. The summed E-state index contributed by atoms with van der Waals surface area (Å²) in [5, 5.41) is 10.8. The Labute approximate surface area is 164 Å². The molecule has 1 aromatic heterocycles. The van der Waals surface area contributed by atoms with E-state index in [-0.39, 0.29) is 18.3 Å². The minimum Gasteiger partial charge on any atom is -0.419 e. The van der Waals surface area contributed by atoms with Gasteiger partial charge in [-0.15, -0.1) is 10.2 Å². The van der Waals surface area contributed by atoms with E-state index in [9.17, 15) is 9.18 Å². The Kier molecular flexibility index (Phi) is 5.98. The largest absolute Gasteiger partial charge is 0.419 e. The van der Waals surface area contributed by atoms with Crippen LogP contribution in [0, 0.1) is 12.7 Å². The normalized spacial score (nSPS) is 11.0. The number of carbonyl (C=O) groups excluding carboxylic acids is 1. The van der Waals surface area contributed by atoms with E-state index >= 15 is 0 Å². The molecular formula is C19H18BrFN4O2. The second-order valence-electron chi connectivity index (χ2n) is 6.19. The van der Waals surface area contributed by atoms with Gasteiger partial charge in [0.2, 0.25) is 17.7 Å². The number of anilines is 1. The molecule has 6 nitrogen and oxygen atoms in total. The van der Waals surface area contributed by atoms with E-state index in [1.165, 1.54) is 12.1 Å². The van der Waals surface area contributed by atoms with Gasteiger partial charge in [0.05, 0.1) is 13.1 Å². The van der Waals surface area contributed by atoms with Gasteiger partial charge in [-0.1, -0.05) is 15.9 Å². The fourth-order valence-electron chi connectivity index (χ4n) is 2.52. The average Bonchev–Trinajstić information content (AvgIpc) is 3.06. The van der Waals surface area contributed by atoms with E-state index in [1.807, 2.05) is 25.1 Å². The van der Waals surface area contributed by atoms with Gasteiger partial charge >= 0.3 is 0 Å². The molecule has 0 saturated heterocycles. The number of hydrogen-bond acceptors (Lipinski definition) is 5. The van der Waals surface area contributed by atoms with Gasteiger partial charge in [-0.2, -0.15) is 0 Å². The number of halogens is 2. The van der Waals surface area contributed by atoms with Gasteiger partial charge in [0.25, 0.3) is 0 Å². The number of aryl methyl sites for hydroxylation is 1. The third-order valence-electron chi connectivity index (χ3n) is 3.84. The molecular weight excluding hydrogens is 415 g/mol. The Morgan fingerprint density at radius 1 is 1.22 bits per heavy atom. The van der Waals surface area contributed by atoms with Crippen LogP contribution < -0.4 is 5.32 Å². The number of carbonyl (C=O) groups is 1. The summed E-state index contributed by atoms with van der Waals surface area (Å²) >= 11 is 3.40. The second-order valence-corrected chi connectivity index (χ2v) is 7.10. The molecule has 0 radical (unpaired) electrons.